The summed E-state index contributed by atoms with van der Waals surface area (Å²) in [7, 11) is 1.81. The summed E-state index contributed by atoms with van der Waals surface area (Å²) in [6.07, 6.45) is 4.25. The van der Waals surface area contributed by atoms with Crippen molar-refractivity contribution in [3.63, 3.8) is 0 Å². The van der Waals surface area contributed by atoms with Crippen LogP contribution in [0, 0.1) is 6.92 Å². The molecule has 92 valence electrons. The van der Waals surface area contributed by atoms with Crippen LogP contribution in [-0.4, -0.2) is 27.5 Å². The van der Waals surface area contributed by atoms with Crippen molar-refractivity contribution >= 4 is 11.7 Å². The van der Waals surface area contributed by atoms with Crippen LogP contribution in [-0.2, 0) is 11.8 Å². The molecule has 0 spiro atoms. The molecule has 17 heavy (non-hydrogen) atoms. The molecule has 0 aromatic carbocycles. The Labute approximate surface area is 100 Å². The second-order valence-corrected chi connectivity index (χ2v) is 4.55. The first kappa shape index (κ1) is 11.8. The van der Waals surface area contributed by atoms with Crippen molar-refractivity contribution in [3.05, 3.63) is 17.5 Å². The smallest absolute Gasteiger partial charge is 0.254 e. The fourth-order valence-corrected chi connectivity index (χ4v) is 2.07. The van der Waals surface area contributed by atoms with Gasteiger partial charge >= 0.3 is 0 Å². The Balaban J connectivity index is 1.98. The second kappa shape index (κ2) is 4.69. The highest BCUT2D eigenvalue weighted by molar-refractivity contribution is 5.95. The van der Waals surface area contributed by atoms with E-state index in [1.807, 2.05) is 14.0 Å². The first-order valence-electron chi connectivity index (χ1n) is 5.89. The molecule has 1 aromatic heterocycles. The minimum Gasteiger partial charge on any atom is -0.349 e. The van der Waals surface area contributed by atoms with Gasteiger partial charge in [0.15, 0.2) is 0 Å². The second-order valence-electron chi connectivity index (χ2n) is 4.55. The third kappa shape index (κ3) is 2.54. The average molecular weight is 235 g/mol. The number of carbonyl (C=O) groups is 2. The number of ketones is 1. The number of hydrogen-bond acceptors (Lipinski definition) is 3. The minimum atomic E-state index is -0.0880. The number of hydrogen-bond donors (Lipinski definition) is 1. The lowest BCUT2D eigenvalue weighted by molar-refractivity contribution is -0.120. The van der Waals surface area contributed by atoms with Crippen LogP contribution in [0.2, 0.25) is 0 Å². The fourth-order valence-electron chi connectivity index (χ4n) is 2.07. The summed E-state index contributed by atoms with van der Waals surface area (Å²) >= 11 is 0. The molecule has 1 amide bonds. The number of amides is 1. The Morgan fingerprint density at radius 1 is 1.47 bits per heavy atom. The van der Waals surface area contributed by atoms with Crippen LogP contribution in [0.25, 0.3) is 0 Å². The van der Waals surface area contributed by atoms with Gasteiger partial charge in [-0.2, -0.15) is 5.10 Å². The van der Waals surface area contributed by atoms with Gasteiger partial charge in [0.25, 0.3) is 5.91 Å². The van der Waals surface area contributed by atoms with Gasteiger partial charge in [0.05, 0.1) is 11.8 Å². The van der Waals surface area contributed by atoms with Crippen LogP contribution in [0.5, 0.6) is 0 Å². The van der Waals surface area contributed by atoms with Crippen molar-refractivity contribution < 1.29 is 9.59 Å². The van der Waals surface area contributed by atoms with E-state index in [1.54, 1.807) is 10.9 Å². The van der Waals surface area contributed by atoms with E-state index in [0.29, 0.717) is 24.2 Å². The lowest BCUT2D eigenvalue weighted by Crippen LogP contribution is -2.37. The summed E-state index contributed by atoms with van der Waals surface area (Å²) in [5.41, 5.74) is 1.47. The van der Waals surface area contributed by atoms with E-state index in [4.69, 9.17) is 0 Å². The highest BCUT2D eigenvalue weighted by Crippen LogP contribution is 2.15. The minimum absolute atomic E-state index is 0.0880. The van der Waals surface area contributed by atoms with Crippen molar-refractivity contribution in [2.45, 2.75) is 38.6 Å². The Bertz CT molecular complexity index is 441. The molecule has 1 aliphatic rings. The molecule has 0 atom stereocenters. The van der Waals surface area contributed by atoms with Gasteiger partial charge in [-0.25, -0.2) is 0 Å². The van der Waals surface area contributed by atoms with Gasteiger partial charge in [-0.05, 0) is 19.8 Å². The molecule has 1 N–H and O–H groups in total. The molecule has 0 saturated heterocycles. The molecule has 1 heterocycles. The lowest BCUT2D eigenvalue weighted by atomic mass is 9.94. The van der Waals surface area contributed by atoms with Crippen LogP contribution in [0.4, 0.5) is 0 Å². The van der Waals surface area contributed by atoms with Gasteiger partial charge in [-0.1, -0.05) is 0 Å². The van der Waals surface area contributed by atoms with E-state index in [1.165, 1.54) is 0 Å². The average Bonchev–Trinajstić information content (AvgIpc) is 2.63. The monoisotopic (exact) mass is 235 g/mol. The van der Waals surface area contributed by atoms with Gasteiger partial charge in [0.2, 0.25) is 0 Å². The predicted octanol–water partition coefficient (Wildman–Crippen LogP) is 0.970. The Kier molecular flexibility index (Phi) is 3.26. The topological polar surface area (TPSA) is 64.0 Å². The first-order chi connectivity index (χ1) is 8.08. The van der Waals surface area contributed by atoms with Gasteiger partial charge in [-0.15, -0.1) is 0 Å². The highest BCUT2D eigenvalue weighted by atomic mass is 16.2. The molecule has 1 aromatic rings. The Hall–Kier alpha value is -1.65. The molecule has 1 fully saturated rings. The van der Waals surface area contributed by atoms with E-state index in [2.05, 4.69) is 10.4 Å². The molecule has 0 radical (unpaired) electrons. The predicted molar refractivity (Wildman–Crippen MR) is 62.7 cm³/mol. The van der Waals surface area contributed by atoms with Crippen molar-refractivity contribution in [3.8, 4) is 0 Å². The zero-order valence-electron chi connectivity index (χ0n) is 10.2. The number of aromatic nitrogens is 2. The SMILES string of the molecule is Cc1c(C(=O)NC2CCC(=O)CC2)cnn1C. The summed E-state index contributed by atoms with van der Waals surface area (Å²) in [5.74, 6) is 0.211. The van der Waals surface area contributed by atoms with E-state index < -0.39 is 0 Å². The number of rotatable bonds is 2. The zero-order chi connectivity index (χ0) is 12.4. The van der Waals surface area contributed by atoms with Crippen molar-refractivity contribution in [2.75, 3.05) is 0 Å². The van der Waals surface area contributed by atoms with Crippen molar-refractivity contribution in [1.29, 1.82) is 0 Å². The molecule has 0 bridgehead atoms. The van der Waals surface area contributed by atoms with E-state index >= 15 is 0 Å². The van der Waals surface area contributed by atoms with Crippen LogP contribution < -0.4 is 5.32 Å². The summed E-state index contributed by atoms with van der Waals surface area (Å²) in [5, 5.41) is 7.01. The maximum Gasteiger partial charge on any atom is 0.254 e. The van der Waals surface area contributed by atoms with Crippen LogP contribution in [0.15, 0.2) is 6.20 Å². The van der Waals surface area contributed by atoms with Gasteiger partial charge in [-0.3, -0.25) is 14.3 Å². The Morgan fingerprint density at radius 2 is 2.12 bits per heavy atom. The molecule has 0 aliphatic heterocycles. The van der Waals surface area contributed by atoms with Crippen LogP contribution in [0.1, 0.15) is 41.7 Å². The van der Waals surface area contributed by atoms with Gasteiger partial charge in [0, 0.05) is 31.6 Å². The van der Waals surface area contributed by atoms with Crippen LogP contribution >= 0.6 is 0 Å². The molecule has 5 heteroatoms. The summed E-state index contributed by atoms with van der Waals surface area (Å²) < 4.78 is 1.68. The zero-order valence-corrected chi connectivity index (χ0v) is 10.2. The maximum atomic E-state index is 12.0. The van der Waals surface area contributed by atoms with Gasteiger partial charge < -0.3 is 5.32 Å². The number of nitrogens with zero attached hydrogens (tertiary/aromatic N) is 2. The van der Waals surface area contributed by atoms with Crippen LogP contribution in [0.3, 0.4) is 0 Å². The van der Waals surface area contributed by atoms with Gasteiger partial charge in [0.1, 0.15) is 5.78 Å². The molecule has 1 aliphatic carbocycles. The maximum absolute atomic E-state index is 12.0. The Morgan fingerprint density at radius 3 is 2.65 bits per heavy atom. The van der Waals surface area contributed by atoms with E-state index in [9.17, 15) is 9.59 Å². The molecule has 1 saturated carbocycles. The number of aryl methyl sites for hydroxylation is 1. The molecular formula is C12H17N3O2. The highest BCUT2D eigenvalue weighted by Gasteiger charge is 2.22. The third-order valence-electron chi connectivity index (χ3n) is 3.36. The molecule has 2 rings (SSSR count). The number of carbonyl (C=O) groups excluding carboxylic acids is 2. The number of Topliss-reactive ketones (excluding diaryl/α,β-unsaturated/α-hetero) is 1. The summed E-state index contributed by atoms with van der Waals surface area (Å²) in [6, 6.07) is 0.125. The fraction of sp³-hybridized carbons (Fsp3) is 0.583. The summed E-state index contributed by atoms with van der Waals surface area (Å²) in [6.45, 7) is 1.87. The van der Waals surface area contributed by atoms with E-state index in [-0.39, 0.29) is 11.9 Å². The van der Waals surface area contributed by atoms with E-state index in [0.717, 1.165) is 18.5 Å². The molecular weight excluding hydrogens is 218 g/mol. The number of nitrogens with one attached hydrogen (secondary N) is 1. The standard InChI is InChI=1S/C12H17N3O2/c1-8-11(7-13-15(8)2)12(17)14-9-3-5-10(16)6-4-9/h7,9H,3-6H2,1-2H3,(H,14,17). The van der Waals surface area contributed by atoms with Crippen molar-refractivity contribution in [1.82, 2.24) is 15.1 Å². The lowest BCUT2D eigenvalue weighted by Gasteiger charge is -2.21. The molecule has 5 nitrogen and oxygen atoms in total. The largest absolute Gasteiger partial charge is 0.349 e. The third-order valence-corrected chi connectivity index (χ3v) is 3.36. The summed E-state index contributed by atoms with van der Waals surface area (Å²) in [4.78, 5) is 23.1. The first-order valence-corrected chi connectivity index (χ1v) is 5.89. The normalized spacial score (nSPS) is 17.2. The molecule has 0 unspecified atom stereocenters. The quantitative estimate of drug-likeness (QED) is 0.830. The van der Waals surface area contributed by atoms with Crippen molar-refractivity contribution in [2.24, 2.45) is 7.05 Å².